The number of benzene rings is 1. The first-order valence-electron chi connectivity index (χ1n) is 7.75. The fraction of sp³-hybridized carbons (Fsp3) is 0.353. The molecular formula is C17H17FN4O. The summed E-state index contributed by atoms with van der Waals surface area (Å²) in [6.07, 6.45) is 3.68. The highest BCUT2D eigenvalue weighted by Gasteiger charge is 2.20. The zero-order valence-corrected chi connectivity index (χ0v) is 12.9. The van der Waals surface area contributed by atoms with E-state index in [1.165, 1.54) is 12.1 Å². The summed E-state index contributed by atoms with van der Waals surface area (Å²) in [5.41, 5.74) is 2.42. The van der Waals surface area contributed by atoms with Crippen LogP contribution in [0.3, 0.4) is 0 Å². The molecule has 1 aliphatic heterocycles. The second-order valence-corrected chi connectivity index (χ2v) is 5.83. The van der Waals surface area contributed by atoms with Crippen LogP contribution in [0.4, 0.5) is 4.39 Å². The van der Waals surface area contributed by atoms with Gasteiger partial charge in [-0.05, 0) is 37.1 Å². The smallest absolute Gasteiger partial charge is 0.163 e. The topological polar surface area (TPSA) is 52.8 Å². The number of aryl methyl sites for hydroxylation is 1. The van der Waals surface area contributed by atoms with Crippen molar-refractivity contribution in [3.05, 3.63) is 42.1 Å². The summed E-state index contributed by atoms with van der Waals surface area (Å²) < 4.78 is 20.4. The lowest BCUT2D eigenvalue weighted by Gasteiger charge is -2.20. The van der Waals surface area contributed by atoms with Gasteiger partial charge in [-0.1, -0.05) is 0 Å². The molecule has 0 radical (unpaired) electrons. The minimum absolute atomic E-state index is 0.255. The van der Waals surface area contributed by atoms with E-state index >= 15 is 0 Å². The molecule has 0 aliphatic carbocycles. The van der Waals surface area contributed by atoms with Crippen LogP contribution in [-0.4, -0.2) is 32.7 Å². The molecule has 0 unspecified atom stereocenters. The highest BCUT2D eigenvalue weighted by molar-refractivity contribution is 5.76. The first-order valence-corrected chi connectivity index (χ1v) is 7.75. The Morgan fingerprint density at radius 3 is 2.61 bits per heavy atom. The number of ether oxygens (including phenoxy) is 1. The average Bonchev–Trinajstić information content (AvgIpc) is 2.93. The van der Waals surface area contributed by atoms with Gasteiger partial charge in [0.25, 0.3) is 0 Å². The van der Waals surface area contributed by atoms with Gasteiger partial charge in [0.2, 0.25) is 0 Å². The number of hydrogen-bond donors (Lipinski definition) is 0. The number of nitrogens with zero attached hydrogens (tertiary/aromatic N) is 4. The summed E-state index contributed by atoms with van der Waals surface area (Å²) >= 11 is 0. The molecule has 4 rings (SSSR count). The third-order valence-electron chi connectivity index (χ3n) is 4.32. The summed E-state index contributed by atoms with van der Waals surface area (Å²) in [5, 5.41) is 0. The highest BCUT2D eigenvalue weighted by atomic mass is 19.1. The second-order valence-electron chi connectivity index (χ2n) is 5.83. The Bertz CT molecular complexity index is 838. The summed E-state index contributed by atoms with van der Waals surface area (Å²) in [7, 11) is 1.93. The quantitative estimate of drug-likeness (QED) is 0.730. The number of fused-ring (bicyclic) bond motifs is 1. The molecule has 0 bridgehead atoms. The number of halogens is 1. The van der Waals surface area contributed by atoms with Crippen LogP contribution < -0.4 is 0 Å². The molecule has 3 heterocycles. The fourth-order valence-electron chi connectivity index (χ4n) is 3.00. The van der Waals surface area contributed by atoms with Crippen LogP contribution >= 0.6 is 0 Å². The Morgan fingerprint density at radius 2 is 1.87 bits per heavy atom. The van der Waals surface area contributed by atoms with Crippen molar-refractivity contribution in [2.24, 2.45) is 7.05 Å². The Hall–Kier alpha value is -2.34. The Morgan fingerprint density at radius 1 is 1.13 bits per heavy atom. The third-order valence-corrected chi connectivity index (χ3v) is 4.32. The molecule has 3 aromatic rings. The van der Waals surface area contributed by atoms with Crippen molar-refractivity contribution in [3.8, 4) is 11.4 Å². The minimum Gasteiger partial charge on any atom is -0.381 e. The molecule has 2 aromatic heterocycles. The van der Waals surface area contributed by atoms with E-state index in [2.05, 4.69) is 9.97 Å². The van der Waals surface area contributed by atoms with Crippen LogP contribution in [0.1, 0.15) is 24.6 Å². The van der Waals surface area contributed by atoms with Gasteiger partial charge in [-0.15, -0.1) is 0 Å². The molecule has 0 saturated carbocycles. The standard InChI is InChI=1S/C17H17FN4O/c1-22-16(12-2-4-13(18)5-3-12)20-14-10-19-15(21-17(14)22)11-6-8-23-9-7-11/h2-5,10-11H,6-9H2,1H3. The third kappa shape index (κ3) is 2.59. The Kier molecular flexibility index (Phi) is 3.53. The van der Waals surface area contributed by atoms with Crippen molar-refractivity contribution in [2.45, 2.75) is 18.8 Å². The zero-order chi connectivity index (χ0) is 15.8. The van der Waals surface area contributed by atoms with Crippen molar-refractivity contribution < 1.29 is 9.13 Å². The van der Waals surface area contributed by atoms with Gasteiger partial charge < -0.3 is 9.30 Å². The molecule has 0 amide bonds. The van der Waals surface area contributed by atoms with Crippen molar-refractivity contribution in [2.75, 3.05) is 13.2 Å². The zero-order valence-electron chi connectivity index (χ0n) is 12.9. The molecular weight excluding hydrogens is 295 g/mol. The Labute approximate surface area is 133 Å². The van der Waals surface area contributed by atoms with E-state index in [4.69, 9.17) is 9.72 Å². The number of imidazole rings is 1. The molecule has 23 heavy (non-hydrogen) atoms. The van der Waals surface area contributed by atoms with Gasteiger partial charge in [-0.2, -0.15) is 0 Å². The first-order chi connectivity index (χ1) is 11.2. The van der Waals surface area contributed by atoms with Gasteiger partial charge >= 0.3 is 0 Å². The minimum atomic E-state index is -0.255. The van der Waals surface area contributed by atoms with E-state index in [1.54, 1.807) is 18.3 Å². The van der Waals surface area contributed by atoms with Crippen molar-refractivity contribution in [3.63, 3.8) is 0 Å². The van der Waals surface area contributed by atoms with Crippen LogP contribution in [0.5, 0.6) is 0 Å². The van der Waals surface area contributed by atoms with E-state index in [0.717, 1.165) is 54.4 Å². The summed E-state index contributed by atoms with van der Waals surface area (Å²) in [6, 6.07) is 6.33. The number of hydrogen-bond acceptors (Lipinski definition) is 4. The molecule has 118 valence electrons. The number of aromatic nitrogens is 4. The van der Waals surface area contributed by atoms with Gasteiger partial charge in [-0.3, -0.25) is 0 Å². The monoisotopic (exact) mass is 312 g/mol. The normalized spacial score (nSPS) is 16.1. The predicted molar refractivity (Wildman–Crippen MR) is 84.5 cm³/mol. The fourth-order valence-corrected chi connectivity index (χ4v) is 3.00. The van der Waals surface area contributed by atoms with E-state index < -0.39 is 0 Å². The van der Waals surface area contributed by atoms with Gasteiger partial charge in [0, 0.05) is 31.7 Å². The average molecular weight is 312 g/mol. The predicted octanol–water partition coefficient (Wildman–Crippen LogP) is 3.06. The maximum absolute atomic E-state index is 13.1. The van der Waals surface area contributed by atoms with E-state index in [0.29, 0.717) is 5.92 Å². The maximum atomic E-state index is 13.1. The van der Waals surface area contributed by atoms with E-state index in [9.17, 15) is 4.39 Å². The summed E-state index contributed by atoms with van der Waals surface area (Å²) in [4.78, 5) is 13.8. The van der Waals surface area contributed by atoms with Crippen LogP contribution in [0.15, 0.2) is 30.5 Å². The SMILES string of the molecule is Cn1c(-c2ccc(F)cc2)nc2cnc(C3CCOCC3)nc21. The lowest BCUT2D eigenvalue weighted by Crippen LogP contribution is -2.16. The molecule has 1 saturated heterocycles. The van der Waals surface area contributed by atoms with Crippen LogP contribution in [0, 0.1) is 5.82 Å². The Balaban J connectivity index is 1.76. The first kappa shape index (κ1) is 14.3. The van der Waals surface area contributed by atoms with Gasteiger partial charge in [0.15, 0.2) is 5.65 Å². The largest absolute Gasteiger partial charge is 0.381 e. The van der Waals surface area contributed by atoms with Gasteiger partial charge in [-0.25, -0.2) is 19.3 Å². The molecule has 1 aromatic carbocycles. The molecule has 1 fully saturated rings. The van der Waals surface area contributed by atoms with Crippen molar-refractivity contribution >= 4 is 11.2 Å². The summed E-state index contributed by atoms with van der Waals surface area (Å²) in [5.74, 6) is 1.71. The van der Waals surface area contributed by atoms with Gasteiger partial charge in [0.1, 0.15) is 23.0 Å². The molecule has 6 heteroatoms. The van der Waals surface area contributed by atoms with Crippen LogP contribution in [0.25, 0.3) is 22.6 Å². The lowest BCUT2D eigenvalue weighted by atomic mass is 9.99. The molecule has 0 spiro atoms. The maximum Gasteiger partial charge on any atom is 0.163 e. The molecule has 1 aliphatic rings. The lowest BCUT2D eigenvalue weighted by molar-refractivity contribution is 0.0836. The number of rotatable bonds is 2. The van der Waals surface area contributed by atoms with E-state index in [-0.39, 0.29) is 5.82 Å². The molecule has 0 N–H and O–H groups in total. The second kappa shape index (κ2) is 5.70. The molecule has 0 atom stereocenters. The van der Waals surface area contributed by atoms with Crippen LogP contribution in [0.2, 0.25) is 0 Å². The molecule has 5 nitrogen and oxygen atoms in total. The van der Waals surface area contributed by atoms with Crippen molar-refractivity contribution in [1.82, 2.24) is 19.5 Å². The van der Waals surface area contributed by atoms with Crippen molar-refractivity contribution in [1.29, 1.82) is 0 Å². The van der Waals surface area contributed by atoms with E-state index in [1.807, 2.05) is 11.6 Å². The van der Waals surface area contributed by atoms with Crippen LogP contribution in [-0.2, 0) is 11.8 Å². The van der Waals surface area contributed by atoms with Gasteiger partial charge in [0.05, 0.1) is 6.20 Å². The summed E-state index contributed by atoms with van der Waals surface area (Å²) in [6.45, 7) is 1.52. The highest BCUT2D eigenvalue weighted by Crippen LogP contribution is 2.27.